The van der Waals surface area contributed by atoms with Crippen LogP contribution in [-0.4, -0.2) is 30.0 Å². The minimum atomic E-state index is 0.101. The fraction of sp³-hybridized carbons (Fsp3) is 0.583. The topological polar surface area (TPSA) is 36.1 Å². The zero-order valence-corrected chi connectivity index (χ0v) is 9.42. The van der Waals surface area contributed by atoms with E-state index in [0.717, 1.165) is 37.1 Å². The van der Waals surface area contributed by atoms with Gasteiger partial charge in [-0.1, -0.05) is 0 Å². The van der Waals surface area contributed by atoms with Crippen molar-refractivity contribution in [2.75, 3.05) is 20.1 Å². The number of hydrogen-bond acceptors (Lipinski definition) is 2. The molecule has 0 radical (unpaired) electrons. The lowest BCUT2D eigenvalue weighted by molar-refractivity contribution is 0.254. The van der Waals surface area contributed by atoms with Crippen LogP contribution in [0, 0.1) is 6.92 Å². The molecule has 0 spiro atoms. The Balaban J connectivity index is 2.26. The fourth-order valence-corrected chi connectivity index (χ4v) is 2.39. The Kier molecular flexibility index (Phi) is 2.91. The van der Waals surface area contributed by atoms with Gasteiger partial charge in [-0.3, -0.25) is 4.79 Å². The van der Waals surface area contributed by atoms with Gasteiger partial charge in [0.1, 0.15) is 0 Å². The van der Waals surface area contributed by atoms with Gasteiger partial charge in [-0.05, 0) is 57.5 Å². The molecule has 0 aliphatic carbocycles. The van der Waals surface area contributed by atoms with E-state index in [2.05, 4.69) is 16.9 Å². The Morgan fingerprint density at radius 2 is 2.07 bits per heavy atom. The van der Waals surface area contributed by atoms with E-state index >= 15 is 0 Å². The number of hydrogen-bond donors (Lipinski definition) is 1. The van der Waals surface area contributed by atoms with Crippen LogP contribution >= 0.6 is 0 Å². The maximum Gasteiger partial charge on any atom is 0.251 e. The van der Waals surface area contributed by atoms with Crippen molar-refractivity contribution in [1.82, 2.24) is 9.88 Å². The van der Waals surface area contributed by atoms with Gasteiger partial charge in [-0.25, -0.2) is 0 Å². The van der Waals surface area contributed by atoms with Crippen LogP contribution in [0.2, 0.25) is 0 Å². The molecule has 82 valence electrons. The molecule has 1 aromatic heterocycles. The van der Waals surface area contributed by atoms with Crippen molar-refractivity contribution in [2.24, 2.45) is 0 Å². The largest absolute Gasteiger partial charge is 0.329 e. The van der Waals surface area contributed by atoms with E-state index in [-0.39, 0.29) is 5.56 Å². The van der Waals surface area contributed by atoms with E-state index in [1.807, 2.05) is 13.0 Å². The Morgan fingerprint density at radius 1 is 1.40 bits per heavy atom. The molecule has 1 aromatic rings. The van der Waals surface area contributed by atoms with Crippen LogP contribution < -0.4 is 5.56 Å². The highest BCUT2D eigenvalue weighted by atomic mass is 16.1. The summed E-state index contributed by atoms with van der Waals surface area (Å²) in [6, 6.07) is 2.00. The molecule has 15 heavy (non-hydrogen) atoms. The number of aryl methyl sites for hydroxylation is 1. The molecule has 1 saturated heterocycles. The van der Waals surface area contributed by atoms with Crippen LogP contribution in [0.5, 0.6) is 0 Å². The van der Waals surface area contributed by atoms with Gasteiger partial charge in [0.25, 0.3) is 5.56 Å². The molecule has 2 heterocycles. The van der Waals surface area contributed by atoms with E-state index in [1.54, 1.807) is 6.20 Å². The molecule has 0 unspecified atom stereocenters. The third-order valence-corrected chi connectivity index (χ3v) is 3.34. The quantitative estimate of drug-likeness (QED) is 0.755. The Labute approximate surface area is 90.1 Å². The first kappa shape index (κ1) is 10.4. The minimum absolute atomic E-state index is 0.101. The average molecular weight is 206 g/mol. The molecule has 0 amide bonds. The molecule has 1 N–H and O–H groups in total. The Bertz CT molecular complexity index is 389. The van der Waals surface area contributed by atoms with Gasteiger partial charge in [0.05, 0.1) is 0 Å². The summed E-state index contributed by atoms with van der Waals surface area (Å²) in [6.45, 7) is 4.22. The highest BCUT2D eigenvalue weighted by molar-refractivity contribution is 5.26. The third kappa shape index (κ3) is 2.12. The second-order valence-corrected chi connectivity index (χ2v) is 4.48. The predicted octanol–water partition coefficient (Wildman–Crippen LogP) is 1.49. The zero-order chi connectivity index (χ0) is 10.8. The number of likely N-dealkylation sites (tertiary alicyclic amines) is 1. The molecule has 0 bridgehead atoms. The molecule has 0 aromatic carbocycles. The van der Waals surface area contributed by atoms with E-state index in [0.29, 0.717) is 5.92 Å². The molecule has 0 atom stereocenters. The molecule has 3 heteroatoms. The van der Waals surface area contributed by atoms with Crippen LogP contribution in [-0.2, 0) is 0 Å². The smallest absolute Gasteiger partial charge is 0.251 e. The summed E-state index contributed by atoms with van der Waals surface area (Å²) in [7, 11) is 2.14. The van der Waals surface area contributed by atoms with Gasteiger partial charge in [-0.2, -0.15) is 0 Å². The van der Waals surface area contributed by atoms with E-state index in [9.17, 15) is 4.79 Å². The first-order chi connectivity index (χ1) is 7.18. The van der Waals surface area contributed by atoms with Crippen molar-refractivity contribution < 1.29 is 0 Å². The summed E-state index contributed by atoms with van der Waals surface area (Å²) in [5, 5.41) is 0. The molecule has 1 fully saturated rings. The Hall–Kier alpha value is -1.09. The number of nitrogens with one attached hydrogen (secondary N) is 1. The molecular weight excluding hydrogens is 188 g/mol. The highest BCUT2D eigenvalue weighted by Gasteiger charge is 2.21. The number of H-pyrrole nitrogens is 1. The van der Waals surface area contributed by atoms with Crippen LogP contribution in [0.25, 0.3) is 0 Å². The number of aromatic nitrogens is 1. The summed E-state index contributed by atoms with van der Waals surface area (Å²) in [6.07, 6.45) is 3.94. The average Bonchev–Trinajstić information content (AvgIpc) is 2.20. The van der Waals surface area contributed by atoms with Gasteiger partial charge in [0, 0.05) is 11.8 Å². The maximum absolute atomic E-state index is 11.8. The predicted molar refractivity (Wildman–Crippen MR) is 61.3 cm³/mol. The molecular formula is C12H18N2O. The summed E-state index contributed by atoms with van der Waals surface area (Å²) in [5.74, 6) is 0.450. The van der Waals surface area contributed by atoms with Crippen molar-refractivity contribution in [3.8, 4) is 0 Å². The highest BCUT2D eigenvalue weighted by Crippen LogP contribution is 2.26. The van der Waals surface area contributed by atoms with Crippen molar-refractivity contribution in [2.45, 2.75) is 25.7 Å². The monoisotopic (exact) mass is 206 g/mol. The summed E-state index contributed by atoms with van der Waals surface area (Å²) >= 11 is 0. The van der Waals surface area contributed by atoms with Crippen molar-refractivity contribution in [3.63, 3.8) is 0 Å². The van der Waals surface area contributed by atoms with Gasteiger partial charge in [-0.15, -0.1) is 0 Å². The number of pyridine rings is 1. The fourth-order valence-electron chi connectivity index (χ4n) is 2.39. The first-order valence-electron chi connectivity index (χ1n) is 5.55. The first-order valence-corrected chi connectivity index (χ1v) is 5.55. The van der Waals surface area contributed by atoms with Gasteiger partial charge in [0.15, 0.2) is 0 Å². The van der Waals surface area contributed by atoms with Crippen LogP contribution in [0.1, 0.15) is 29.9 Å². The second kappa shape index (κ2) is 4.19. The normalized spacial score (nSPS) is 19.3. The number of piperidine rings is 1. The van der Waals surface area contributed by atoms with Crippen LogP contribution in [0.3, 0.4) is 0 Å². The van der Waals surface area contributed by atoms with Crippen molar-refractivity contribution in [3.05, 3.63) is 33.7 Å². The summed E-state index contributed by atoms with van der Waals surface area (Å²) in [4.78, 5) is 16.9. The van der Waals surface area contributed by atoms with Gasteiger partial charge in [0.2, 0.25) is 0 Å². The van der Waals surface area contributed by atoms with E-state index in [1.165, 1.54) is 0 Å². The molecule has 1 aliphatic rings. The van der Waals surface area contributed by atoms with E-state index < -0.39 is 0 Å². The SMILES string of the molecule is Cc1cc[nH]c(=O)c1C1CCN(C)CC1. The number of aromatic amines is 1. The standard InChI is InChI=1S/C12H18N2O/c1-9-3-6-13-12(15)11(9)10-4-7-14(2)8-5-10/h3,6,10H,4-5,7-8H2,1-2H3,(H,13,15). The lowest BCUT2D eigenvalue weighted by atomic mass is 9.88. The second-order valence-electron chi connectivity index (χ2n) is 4.48. The van der Waals surface area contributed by atoms with Gasteiger partial charge < -0.3 is 9.88 Å². The molecule has 0 saturated carbocycles. The van der Waals surface area contributed by atoms with Crippen molar-refractivity contribution in [1.29, 1.82) is 0 Å². The third-order valence-electron chi connectivity index (χ3n) is 3.34. The maximum atomic E-state index is 11.8. The Morgan fingerprint density at radius 3 is 2.67 bits per heavy atom. The minimum Gasteiger partial charge on any atom is -0.329 e. The van der Waals surface area contributed by atoms with Crippen molar-refractivity contribution >= 4 is 0 Å². The lowest BCUT2D eigenvalue weighted by Crippen LogP contribution is -2.31. The van der Waals surface area contributed by atoms with Gasteiger partial charge >= 0.3 is 0 Å². The summed E-state index contributed by atoms with van der Waals surface area (Å²) < 4.78 is 0. The molecule has 1 aliphatic heterocycles. The van der Waals surface area contributed by atoms with E-state index in [4.69, 9.17) is 0 Å². The zero-order valence-electron chi connectivity index (χ0n) is 9.42. The van der Waals surface area contributed by atoms with Crippen LogP contribution in [0.4, 0.5) is 0 Å². The number of rotatable bonds is 1. The lowest BCUT2D eigenvalue weighted by Gasteiger charge is -2.29. The summed E-state index contributed by atoms with van der Waals surface area (Å²) in [5.41, 5.74) is 2.24. The molecule has 3 nitrogen and oxygen atoms in total. The van der Waals surface area contributed by atoms with Crippen LogP contribution in [0.15, 0.2) is 17.1 Å². The number of nitrogens with zero attached hydrogens (tertiary/aromatic N) is 1. The molecule has 2 rings (SSSR count).